The van der Waals surface area contributed by atoms with Crippen molar-refractivity contribution >= 4 is 64.6 Å². The van der Waals surface area contributed by atoms with E-state index in [1.807, 2.05) is 36.4 Å². The van der Waals surface area contributed by atoms with Gasteiger partial charge < -0.3 is 0 Å². The first-order valence-corrected chi connectivity index (χ1v) is 33.1. The smallest absolute Gasteiger partial charge is 0.0334 e. The molecule has 0 fully saturated rings. The van der Waals surface area contributed by atoms with Crippen LogP contribution in [0.3, 0.4) is 0 Å². The van der Waals surface area contributed by atoms with Gasteiger partial charge in [0.25, 0.3) is 0 Å². The van der Waals surface area contributed by atoms with E-state index in [4.69, 9.17) is 0 Å². The zero-order valence-electron chi connectivity index (χ0n) is 54.9. The van der Waals surface area contributed by atoms with Gasteiger partial charge in [0.1, 0.15) is 0 Å². The average Bonchev–Trinajstić information content (AvgIpc) is 0.722. The number of hydrogen-bond acceptors (Lipinski definition) is 0. The molecule has 0 spiro atoms. The molecule has 0 aliphatic heterocycles. The van der Waals surface area contributed by atoms with Crippen molar-refractivity contribution in [2.24, 2.45) is 0 Å². The summed E-state index contributed by atoms with van der Waals surface area (Å²) in [6.45, 7) is 13.5. The molecule has 0 heteroatoms. The molecule has 0 amide bonds. The molecule has 16 rings (SSSR count). The molecule has 0 bridgehead atoms. The zero-order chi connectivity index (χ0) is 65.3. The van der Waals surface area contributed by atoms with E-state index in [9.17, 15) is 0 Å². The Balaban J connectivity index is 0.000000167. The van der Waals surface area contributed by atoms with Crippen molar-refractivity contribution in [2.45, 2.75) is 59.8 Å². The fourth-order valence-corrected chi connectivity index (χ4v) is 13.5. The molecular weight excluding hydrogens is 1170 g/mol. The summed E-state index contributed by atoms with van der Waals surface area (Å²) in [6.07, 6.45) is 0. The lowest BCUT2D eigenvalue weighted by atomic mass is 9.84. The normalized spacial score (nSPS) is 11.2. The van der Waals surface area contributed by atoms with Crippen LogP contribution in [0.25, 0.3) is 109 Å². The number of rotatable bonds is 4. The van der Waals surface area contributed by atoms with E-state index >= 15 is 0 Å². The second kappa shape index (κ2) is 26.3. The highest BCUT2D eigenvalue weighted by Crippen LogP contribution is 2.47. The number of benzene rings is 16. The van der Waals surface area contributed by atoms with Gasteiger partial charge in [-0.2, -0.15) is 0 Å². The highest BCUT2D eigenvalue weighted by Gasteiger charge is 2.22. The van der Waals surface area contributed by atoms with Crippen molar-refractivity contribution in [3.8, 4) is 91.9 Å². The molecule has 0 N–H and O–H groups in total. The molecule has 0 aliphatic rings. The van der Waals surface area contributed by atoms with Gasteiger partial charge in [-0.05, 0) is 204 Å². The first-order chi connectivity index (χ1) is 46.9. The van der Waals surface area contributed by atoms with Crippen molar-refractivity contribution in [3.05, 3.63) is 359 Å². The van der Waals surface area contributed by atoms with E-state index in [-0.39, 0.29) is 18.3 Å². The first kappa shape index (κ1) is 62.3. The maximum absolute atomic E-state index is 3.63. The maximum Gasteiger partial charge on any atom is 0.0334 e. The van der Waals surface area contributed by atoms with Crippen molar-refractivity contribution in [2.75, 3.05) is 0 Å². The van der Waals surface area contributed by atoms with Gasteiger partial charge in [0, 0.05) is 44.5 Å². The zero-order valence-corrected chi connectivity index (χ0v) is 54.9. The molecule has 97 heavy (non-hydrogen) atoms. The molecular formula is C97H72. The van der Waals surface area contributed by atoms with Crippen molar-refractivity contribution in [1.82, 2.24) is 0 Å². The Morgan fingerprint density at radius 2 is 0.392 bits per heavy atom. The molecule has 0 nitrogen and oxygen atoms in total. The summed E-state index contributed by atoms with van der Waals surface area (Å²) in [6, 6.07) is 108. The number of hydrogen-bond donors (Lipinski definition) is 0. The van der Waals surface area contributed by atoms with Crippen LogP contribution >= 0.6 is 0 Å². The van der Waals surface area contributed by atoms with Crippen LogP contribution in [0.5, 0.6) is 0 Å². The van der Waals surface area contributed by atoms with Crippen LogP contribution in [0.2, 0.25) is 0 Å². The molecule has 0 radical (unpaired) electrons. The van der Waals surface area contributed by atoms with Crippen LogP contribution in [0, 0.1) is 47.4 Å². The van der Waals surface area contributed by atoms with Gasteiger partial charge in [-0.3, -0.25) is 0 Å². The molecule has 460 valence electrons. The van der Waals surface area contributed by atoms with E-state index in [1.165, 1.54) is 98.7 Å². The third-order valence-corrected chi connectivity index (χ3v) is 18.6. The Kier molecular flexibility index (Phi) is 16.9. The SMILES string of the molecule is C.C(#Cc1cc(-c2ccccc2)c2ccc3c(C#Cc4ccccc4)cc(-c4ccccc4)c4ccc1c2c34)c1ccccc1.CC(C)(C)c1ccc(C#Cc2cc(-c3ccccc3)c3ccc4c(C#Cc5ccc(C(C)(C)C)cc5)cc(-c5ccccc5)c5ccc2c3c45)cc1. The summed E-state index contributed by atoms with van der Waals surface area (Å²) in [5.41, 5.74) is 20.4. The molecule has 0 unspecified atom stereocenters. The van der Waals surface area contributed by atoms with Crippen LogP contribution in [0.4, 0.5) is 0 Å². The van der Waals surface area contributed by atoms with Gasteiger partial charge in [-0.15, -0.1) is 0 Å². The van der Waals surface area contributed by atoms with Gasteiger partial charge in [-0.25, -0.2) is 0 Å². The van der Waals surface area contributed by atoms with E-state index in [1.54, 1.807) is 0 Å². The van der Waals surface area contributed by atoms with Gasteiger partial charge >= 0.3 is 0 Å². The van der Waals surface area contributed by atoms with E-state index < -0.39 is 0 Å². The summed E-state index contributed by atoms with van der Waals surface area (Å²) in [5, 5.41) is 14.5. The summed E-state index contributed by atoms with van der Waals surface area (Å²) in [4.78, 5) is 0. The summed E-state index contributed by atoms with van der Waals surface area (Å²) in [5.74, 6) is 28.3. The fourth-order valence-electron chi connectivity index (χ4n) is 13.5. The lowest BCUT2D eigenvalue weighted by molar-refractivity contribution is 0.590. The van der Waals surface area contributed by atoms with Crippen LogP contribution in [0.1, 0.15) is 105 Å². The van der Waals surface area contributed by atoms with Gasteiger partial charge in [-0.1, -0.05) is 327 Å². The minimum Gasteiger partial charge on any atom is -0.0776 e. The molecule has 0 heterocycles. The van der Waals surface area contributed by atoms with Crippen molar-refractivity contribution in [3.63, 3.8) is 0 Å². The first-order valence-electron chi connectivity index (χ1n) is 33.1. The largest absolute Gasteiger partial charge is 0.0776 e. The molecule has 16 aromatic rings. The molecule has 0 aromatic heterocycles. The minimum atomic E-state index is 0. The third-order valence-electron chi connectivity index (χ3n) is 18.6. The Morgan fingerprint density at radius 1 is 0.196 bits per heavy atom. The monoisotopic (exact) mass is 1240 g/mol. The topological polar surface area (TPSA) is 0 Å². The minimum absolute atomic E-state index is 0. The van der Waals surface area contributed by atoms with Crippen LogP contribution in [-0.2, 0) is 10.8 Å². The van der Waals surface area contributed by atoms with Gasteiger partial charge in [0.15, 0.2) is 0 Å². The van der Waals surface area contributed by atoms with Crippen LogP contribution < -0.4 is 0 Å². The Hall–Kier alpha value is -12.2. The van der Waals surface area contributed by atoms with Gasteiger partial charge in [0.2, 0.25) is 0 Å². The Morgan fingerprint density at radius 3 is 0.608 bits per heavy atom. The maximum atomic E-state index is 3.63. The molecule has 0 saturated carbocycles. The third kappa shape index (κ3) is 12.5. The predicted octanol–water partition coefficient (Wildman–Crippen LogP) is 24.7. The van der Waals surface area contributed by atoms with E-state index in [0.29, 0.717) is 0 Å². The standard InChI is InChI=1S/C52H42.C44H26.CH4/c1-51(2,3)41-25-19-35(20-26-41)17-23-39-33-47(37-13-9-7-10-14-37)45-32-30-44-40(24-18-36-21-27-42(28-22-36)52(4,5)6)34-48(38-15-11-8-12-16-38)46-31-29-43(39)49(45)50(44)46;1-5-13-31(14-6-1)21-23-35-29-41(33-17-9-3-10-18-33)39-28-26-38-36(24-22-32-15-7-2-8-16-32)30-42(34-19-11-4-12-20-34)40-27-25-37(35)43(39)44(38)40;/h7-16,19-22,25-34H,1-6H3;1-20,25-30H;1H4. The highest BCUT2D eigenvalue weighted by atomic mass is 14.2. The molecule has 16 aromatic carbocycles. The van der Waals surface area contributed by atoms with E-state index in [2.05, 4.69) is 356 Å². The molecule has 0 saturated heterocycles. The second-order valence-corrected chi connectivity index (χ2v) is 26.9. The van der Waals surface area contributed by atoms with Crippen LogP contribution in [-0.4, -0.2) is 0 Å². The summed E-state index contributed by atoms with van der Waals surface area (Å²) < 4.78 is 0. The van der Waals surface area contributed by atoms with Crippen molar-refractivity contribution < 1.29 is 0 Å². The Labute approximate surface area is 571 Å². The predicted molar refractivity (Wildman–Crippen MR) is 416 cm³/mol. The molecule has 0 atom stereocenters. The van der Waals surface area contributed by atoms with Crippen molar-refractivity contribution in [1.29, 1.82) is 0 Å². The van der Waals surface area contributed by atoms with Crippen LogP contribution in [0.15, 0.2) is 303 Å². The fraction of sp³-hybridized carbons (Fsp3) is 0.0928. The lowest BCUT2D eigenvalue weighted by Crippen LogP contribution is -2.10. The highest BCUT2D eigenvalue weighted by molar-refractivity contribution is 6.31. The quantitative estimate of drug-likeness (QED) is 0.122. The lowest BCUT2D eigenvalue weighted by Gasteiger charge is -2.19. The molecule has 0 aliphatic carbocycles. The summed E-state index contributed by atoms with van der Waals surface area (Å²) in [7, 11) is 0. The second-order valence-electron chi connectivity index (χ2n) is 26.9. The average molecular weight is 1240 g/mol. The van der Waals surface area contributed by atoms with Gasteiger partial charge in [0.05, 0.1) is 0 Å². The Bertz CT molecular complexity index is 5460. The van der Waals surface area contributed by atoms with E-state index in [0.717, 1.165) is 66.1 Å². The summed E-state index contributed by atoms with van der Waals surface area (Å²) >= 11 is 0.